The van der Waals surface area contributed by atoms with Gasteiger partial charge in [0.25, 0.3) is 0 Å². The molecule has 25 heavy (non-hydrogen) atoms. The van der Waals surface area contributed by atoms with Gasteiger partial charge in [-0.25, -0.2) is 0 Å². The Balaban J connectivity index is 0.000000176. The van der Waals surface area contributed by atoms with Gasteiger partial charge in [0.2, 0.25) is 0 Å². The molecule has 1 aromatic rings. The highest BCUT2D eigenvalue weighted by molar-refractivity contribution is 5.71. The predicted molar refractivity (Wildman–Crippen MR) is 87.7 cm³/mol. The van der Waals surface area contributed by atoms with Gasteiger partial charge in [0.05, 0.1) is 37.2 Å². The van der Waals surface area contributed by atoms with Crippen molar-refractivity contribution in [2.45, 2.75) is 62.8 Å². The van der Waals surface area contributed by atoms with Crippen molar-refractivity contribution in [1.29, 1.82) is 0 Å². The molecular weight excluding hydrogens is 342 g/mol. The minimum absolute atomic E-state index is 0. The molecule has 3 heterocycles. The molecule has 0 radical (unpaired) electrons. The fourth-order valence-corrected chi connectivity index (χ4v) is 5.00. The van der Waals surface area contributed by atoms with Crippen LogP contribution in [0.1, 0.15) is 50.2 Å². The zero-order valence-corrected chi connectivity index (χ0v) is 15.1. The molecule has 3 fully saturated rings. The molecule has 1 spiro atoms. The van der Waals surface area contributed by atoms with Crippen molar-refractivity contribution < 1.29 is 37.0 Å². The molecule has 0 aromatic heterocycles. The van der Waals surface area contributed by atoms with Crippen molar-refractivity contribution in [3.63, 3.8) is 0 Å². The summed E-state index contributed by atoms with van der Waals surface area (Å²) in [6.45, 7) is 2.84. The first kappa shape index (κ1) is 20.2. The fraction of sp³-hybridized carbons (Fsp3) is 0.632. The van der Waals surface area contributed by atoms with E-state index < -0.39 is 12.1 Å². The number of carboxylic acids is 1. The molecule has 0 saturated carbocycles. The number of rotatable bonds is 2. The van der Waals surface area contributed by atoms with Gasteiger partial charge in [-0.15, -0.1) is 0 Å². The molecule has 2 bridgehead atoms. The summed E-state index contributed by atoms with van der Waals surface area (Å²) in [5.41, 5.74) is 0.340. The second-order valence-electron chi connectivity index (χ2n) is 7.40. The van der Waals surface area contributed by atoms with Crippen molar-refractivity contribution in [3.05, 3.63) is 35.9 Å². The van der Waals surface area contributed by atoms with Crippen LogP contribution in [0.2, 0.25) is 0 Å². The standard InChI is InChI=1S/C11H20NO.C8H8O3.ClH/c13-11-7-9-3-4-10(8-11)12(9)5-1-2-6-12;9-7(8(10)11)6-4-2-1-3-5-6;/h9-11,13H,1-8H2;1-5,7,9H,(H,10,11);1H/q+1;;/p-2. The third-order valence-corrected chi connectivity index (χ3v) is 6.11. The van der Waals surface area contributed by atoms with Crippen LogP contribution < -0.4 is 17.5 Å². The number of aliphatic hydroxyl groups is 2. The highest BCUT2D eigenvalue weighted by Gasteiger charge is 2.54. The summed E-state index contributed by atoms with van der Waals surface area (Å²) < 4.78 is 1.41. The van der Waals surface area contributed by atoms with Crippen molar-refractivity contribution in [3.8, 4) is 0 Å². The quantitative estimate of drug-likeness (QED) is 0.578. The van der Waals surface area contributed by atoms with Crippen LogP contribution in [-0.4, -0.2) is 51.9 Å². The first-order valence-electron chi connectivity index (χ1n) is 9.01. The molecule has 3 atom stereocenters. The van der Waals surface area contributed by atoms with Gasteiger partial charge in [0.15, 0.2) is 0 Å². The zero-order chi connectivity index (χ0) is 17.2. The maximum absolute atomic E-state index is 10.1. The van der Waals surface area contributed by atoms with Gasteiger partial charge < -0.3 is 37.0 Å². The number of carbonyl (C=O) groups is 1. The van der Waals surface area contributed by atoms with Gasteiger partial charge in [-0.2, -0.15) is 0 Å². The number of carboxylic acid groups (broad SMARTS) is 1. The zero-order valence-electron chi connectivity index (χ0n) is 14.4. The number of benzene rings is 1. The molecule has 6 heteroatoms. The molecule has 3 unspecified atom stereocenters. The monoisotopic (exact) mass is 368 g/mol. The number of hydrogen-bond acceptors (Lipinski definition) is 4. The van der Waals surface area contributed by atoms with E-state index in [4.69, 9.17) is 5.11 Å². The van der Waals surface area contributed by atoms with Crippen molar-refractivity contribution in [1.82, 2.24) is 0 Å². The van der Waals surface area contributed by atoms with Crippen LogP contribution in [0.25, 0.3) is 0 Å². The molecule has 0 aliphatic carbocycles. The molecule has 2 N–H and O–H groups in total. The molecule has 3 aliphatic heterocycles. The average molecular weight is 369 g/mol. The van der Waals surface area contributed by atoms with Gasteiger partial charge in [0, 0.05) is 38.5 Å². The largest absolute Gasteiger partial charge is 1.00 e. The van der Waals surface area contributed by atoms with E-state index in [0.717, 1.165) is 24.9 Å². The van der Waals surface area contributed by atoms with Crippen LogP contribution in [0.4, 0.5) is 0 Å². The van der Waals surface area contributed by atoms with E-state index >= 15 is 0 Å². The maximum atomic E-state index is 10.1. The summed E-state index contributed by atoms with van der Waals surface area (Å²) in [5, 5.41) is 28.8. The van der Waals surface area contributed by atoms with Gasteiger partial charge in [-0.1, -0.05) is 30.3 Å². The van der Waals surface area contributed by atoms with E-state index in [0.29, 0.717) is 5.56 Å². The number of quaternary nitrogens is 1. The normalized spacial score (nSPS) is 30.1. The molecule has 5 nitrogen and oxygen atoms in total. The Hall–Kier alpha value is -1.14. The number of nitrogens with zero attached hydrogens (tertiary/aromatic N) is 1. The van der Waals surface area contributed by atoms with Crippen LogP contribution in [0.3, 0.4) is 0 Å². The highest BCUT2D eigenvalue weighted by atomic mass is 35.5. The third-order valence-electron chi connectivity index (χ3n) is 6.11. The van der Waals surface area contributed by atoms with E-state index in [1.807, 2.05) is 0 Å². The van der Waals surface area contributed by atoms with Crippen molar-refractivity contribution >= 4 is 5.97 Å². The second kappa shape index (κ2) is 8.49. The molecule has 3 saturated heterocycles. The third kappa shape index (κ3) is 4.17. The van der Waals surface area contributed by atoms with E-state index in [2.05, 4.69) is 0 Å². The van der Waals surface area contributed by atoms with Crippen LogP contribution in [-0.2, 0) is 4.79 Å². The lowest BCUT2D eigenvalue weighted by Crippen LogP contribution is -3.00. The number of carbonyl (C=O) groups excluding carboxylic acids is 1. The minimum atomic E-state index is -1.52. The summed E-state index contributed by atoms with van der Waals surface area (Å²) in [6, 6.07) is 9.77. The molecule has 3 aliphatic rings. The number of piperidine rings is 1. The van der Waals surface area contributed by atoms with E-state index in [1.54, 1.807) is 18.2 Å². The van der Waals surface area contributed by atoms with E-state index in [1.165, 1.54) is 55.4 Å². The number of hydrogen-bond donors (Lipinski definition) is 2. The van der Waals surface area contributed by atoms with Gasteiger partial charge in [-0.3, -0.25) is 0 Å². The summed E-state index contributed by atoms with van der Waals surface area (Å²) in [7, 11) is 0. The Morgan fingerprint density at radius 1 is 1.08 bits per heavy atom. The Bertz CT molecular complexity index is 546. The number of aliphatic hydroxyl groups excluding tert-OH is 2. The van der Waals surface area contributed by atoms with Gasteiger partial charge in [0.1, 0.15) is 6.10 Å². The Morgan fingerprint density at radius 3 is 2.08 bits per heavy atom. The summed E-state index contributed by atoms with van der Waals surface area (Å²) in [4.78, 5) is 10.1. The molecule has 140 valence electrons. The highest BCUT2D eigenvalue weighted by Crippen LogP contribution is 2.45. The summed E-state index contributed by atoms with van der Waals surface area (Å²) in [6.07, 6.45) is 6.35. The predicted octanol–water partition coefficient (Wildman–Crippen LogP) is -2.24. The van der Waals surface area contributed by atoms with Gasteiger partial charge >= 0.3 is 0 Å². The fourth-order valence-electron chi connectivity index (χ4n) is 5.00. The summed E-state index contributed by atoms with van der Waals surface area (Å²) >= 11 is 0. The van der Waals surface area contributed by atoms with E-state index in [-0.39, 0.29) is 18.5 Å². The Morgan fingerprint density at radius 2 is 1.60 bits per heavy atom. The number of halogens is 1. The first-order valence-corrected chi connectivity index (χ1v) is 9.01. The second-order valence-corrected chi connectivity index (χ2v) is 7.40. The summed E-state index contributed by atoms with van der Waals surface area (Å²) in [5.74, 6) is -1.48. The van der Waals surface area contributed by atoms with Gasteiger partial charge in [-0.05, 0) is 5.56 Å². The topological polar surface area (TPSA) is 80.6 Å². The minimum Gasteiger partial charge on any atom is -1.00 e. The first-order chi connectivity index (χ1) is 11.5. The maximum Gasteiger partial charge on any atom is 0.118 e. The lowest BCUT2D eigenvalue weighted by atomic mass is 9.97. The number of aliphatic carboxylic acids is 1. The van der Waals surface area contributed by atoms with Crippen molar-refractivity contribution in [2.24, 2.45) is 0 Å². The SMILES string of the molecule is O=C([O-])C(O)c1ccccc1.OC1CC2CCC(C1)[N+]21CCCC1.[Cl-]. The molecule has 4 rings (SSSR count). The molecular formula is C19H27ClNO4-. The molecule has 0 amide bonds. The lowest BCUT2D eigenvalue weighted by molar-refractivity contribution is -0.956. The van der Waals surface area contributed by atoms with Crippen LogP contribution in [0.5, 0.6) is 0 Å². The average Bonchev–Trinajstić information content (AvgIpc) is 3.13. The van der Waals surface area contributed by atoms with E-state index in [9.17, 15) is 15.0 Å². The van der Waals surface area contributed by atoms with Crippen LogP contribution in [0.15, 0.2) is 30.3 Å². The van der Waals surface area contributed by atoms with Crippen LogP contribution in [0, 0.1) is 0 Å². The molecule has 1 aromatic carbocycles. The Kier molecular flexibility index (Phi) is 6.86. The lowest BCUT2D eigenvalue weighted by Gasteiger charge is -2.46. The Labute approximate surface area is 155 Å². The van der Waals surface area contributed by atoms with Crippen LogP contribution >= 0.6 is 0 Å². The van der Waals surface area contributed by atoms with Crippen molar-refractivity contribution in [2.75, 3.05) is 13.1 Å². The smallest absolute Gasteiger partial charge is 0.118 e.